The van der Waals surface area contributed by atoms with Crippen LogP contribution in [0.2, 0.25) is 10.0 Å². The van der Waals surface area contributed by atoms with Crippen LogP contribution in [0.5, 0.6) is 5.75 Å². The van der Waals surface area contributed by atoms with Gasteiger partial charge in [0.2, 0.25) is 5.91 Å². The molecule has 0 aliphatic heterocycles. The Hall–Kier alpha value is -2.54. The Morgan fingerprint density at radius 3 is 2.33 bits per heavy atom. The summed E-state index contributed by atoms with van der Waals surface area (Å²) in [5.74, 6) is 0.0213. The molecule has 1 N–H and O–H groups in total. The van der Waals surface area contributed by atoms with Crippen molar-refractivity contribution in [3.8, 4) is 5.75 Å². The van der Waals surface area contributed by atoms with E-state index in [-0.39, 0.29) is 31.0 Å². The summed E-state index contributed by atoms with van der Waals surface area (Å²) < 4.78 is 6.79. The Kier molecular flexibility index (Phi) is 10.2. The maximum Gasteiger partial charge on any atom is 0.261 e. The third kappa shape index (κ3) is 7.99. The second kappa shape index (κ2) is 13.1. The number of carbonyl (C=O) groups is 2. The predicted molar refractivity (Wildman–Crippen MR) is 149 cm³/mol. The number of carbonyl (C=O) groups excluding carboxylic acids is 2. The average molecular weight is 592 g/mol. The molecule has 0 aromatic heterocycles. The van der Waals surface area contributed by atoms with Crippen LogP contribution in [0.15, 0.2) is 71.2 Å². The van der Waals surface area contributed by atoms with Gasteiger partial charge < -0.3 is 15.0 Å². The van der Waals surface area contributed by atoms with Gasteiger partial charge in [-0.3, -0.25) is 9.59 Å². The van der Waals surface area contributed by atoms with Gasteiger partial charge in [-0.25, -0.2) is 0 Å². The molecule has 0 spiro atoms. The van der Waals surface area contributed by atoms with Crippen LogP contribution in [-0.4, -0.2) is 35.4 Å². The quantitative estimate of drug-likeness (QED) is 0.289. The van der Waals surface area contributed by atoms with Crippen molar-refractivity contribution in [1.29, 1.82) is 0 Å². The molecule has 3 aromatic rings. The fraction of sp³-hybridized carbons (Fsp3) is 0.286. The fourth-order valence-corrected chi connectivity index (χ4v) is 4.27. The van der Waals surface area contributed by atoms with Crippen LogP contribution in [0.25, 0.3) is 0 Å². The van der Waals surface area contributed by atoms with E-state index in [0.717, 1.165) is 21.2 Å². The topological polar surface area (TPSA) is 58.6 Å². The van der Waals surface area contributed by atoms with Crippen LogP contribution in [0.1, 0.15) is 30.5 Å². The standard InChI is InChI=1S/C28H29BrCl2N2O3/c1-18(2)32-28(35)26(15-20-7-5-4-6-8-20)33(16-21-9-12-24(30)25(31)14-21)27(34)17-36-22-10-11-23(29)19(3)13-22/h4-14,18,26H,15-17H2,1-3H3,(H,32,35)/t26-/m1/s1. The van der Waals surface area contributed by atoms with Crippen LogP contribution in [0.3, 0.4) is 0 Å². The highest BCUT2D eigenvalue weighted by Gasteiger charge is 2.31. The summed E-state index contributed by atoms with van der Waals surface area (Å²) in [7, 11) is 0. The van der Waals surface area contributed by atoms with Crippen LogP contribution in [0, 0.1) is 6.92 Å². The molecular formula is C28H29BrCl2N2O3. The lowest BCUT2D eigenvalue weighted by Crippen LogP contribution is -2.52. The Balaban J connectivity index is 1.93. The number of ether oxygens (including phenoxy) is 1. The van der Waals surface area contributed by atoms with E-state index in [1.165, 1.54) is 0 Å². The summed E-state index contributed by atoms with van der Waals surface area (Å²) in [6, 6.07) is 19.5. The normalized spacial score (nSPS) is 11.8. The number of amides is 2. The van der Waals surface area contributed by atoms with Gasteiger partial charge in [0.15, 0.2) is 6.61 Å². The van der Waals surface area contributed by atoms with Gasteiger partial charge in [0.05, 0.1) is 10.0 Å². The molecule has 3 rings (SSSR count). The number of hydrogen-bond acceptors (Lipinski definition) is 3. The number of aryl methyl sites for hydroxylation is 1. The van der Waals surface area contributed by atoms with Crippen molar-refractivity contribution in [2.24, 2.45) is 0 Å². The highest BCUT2D eigenvalue weighted by Crippen LogP contribution is 2.25. The first kappa shape index (κ1) is 28.0. The second-order valence-corrected chi connectivity index (χ2v) is 10.5. The number of benzene rings is 3. The van der Waals surface area contributed by atoms with Crippen LogP contribution < -0.4 is 10.1 Å². The first-order valence-corrected chi connectivity index (χ1v) is 13.2. The van der Waals surface area contributed by atoms with Gasteiger partial charge in [-0.1, -0.05) is 75.5 Å². The number of nitrogens with zero attached hydrogens (tertiary/aromatic N) is 1. The maximum atomic E-state index is 13.6. The molecule has 190 valence electrons. The van der Waals surface area contributed by atoms with Gasteiger partial charge >= 0.3 is 0 Å². The minimum absolute atomic E-state index is 0.0836. The van der Waals surface area contributed by atoms with E-state index >= 15 is 0 Å². The lowest BCUT2D eigenvalue weighted by molar-refractivity contribution is -0.143. The van der Waals surface area contributed by atoms with E-state index in [9.17, 15) is 9.59 Å². The molecule has 0 unspecified atom stereocenters. The summed E-state index contributed by atoms with van der Waals surface area (Å²) >= 11 is 15.8. The van der Waals surface area contributed by atoms with Crippen molar-refractivity contribution in [3.05, 3.63) is 97.9 Å². The number of hydrogen-bond donors (Lipinski definition) is 1. The summed E-state index contributed by atoms with van der Waals surface area (Å²) in [6.07, 6.45) is 0.351. The zero-order valence-corrected chi connectivity index (χ0v) is 23.5. The molecule has 8 heteroatoms. The molecule has 0 saturated heterocycles. The van der Waals surface area contributed by atoms with Gasteiger partial charge in [0.1, 0.15) is 11.8 Å². The zero-order valence-electron chi connectivity index (χ0n) is 20.4. The molecule has 0 radical (unpaired) electrons. The molecule has 0 saturated carbocycles. The Labute approximate surface area is 230 Å². The molecular weight excluding hydrogens is 563 g/mol. The van der Waals surface area contributed by atoms with Gasteiger partial charge in [-0.2, -0.15) is 0 Å². The first-order chi connectivity index (χ1) is 17.1. The van der Waals surface area contributed by atoms with E-state index in [4.69, 9.17) is 27.9 Å². The lowest BCUT2D eigenvalue weighted by Gasteiger charge is -2.32. The minimum Gasteiger partial charge on any atom is -0.484 e. The smallest absolute Gasteiger partial charge is 0.261 e. The molecule has 0 bridgehead atoms. The highest BCUT2D eigenvalue weighted by atomic mass is 79.9. The zero-order chi connectivity index (χ0) is 26.2. The predicted octanol–water partition coefficient (Wildman–Crippen LogP) is 6.61. The number of rotatable bonds is 10. The van der Waals surface area contributed by atoms with Crippen LogP contribution >= 0.6 is 39.1 Å². The molecule has 0 aliphatic carbocycles. The van der Waals surface area contributed by atoms with E-state index < -0.39 is 6.04 Å². The van der Waals surface area contributed by atoms with Crippen molar-refractivity contribution in [2.75, 3.05) is 6.61 Å². The number of nitrogens with one attached hydrogen (secondary N) is 1. The molecule has 0 aliphatic rings. The Bertz CT molecular complexity index is 1200. The largest absolute Gasteiger partial charge is 0.484 e. The monoisotopic (exact) mass is 590 g/mol. The molecule has 0 fully saturated rings. The Morgan fingerprint density at radius 1 is 0.972 bits per heavy atom. The van der Waals surface area contributed by atoms with Crippen molar-refractivity contribution in [2.45, 2.75) is 45.8 Å². The van der Waals surface area contributed by atoms with Crippen LogP contribution in [-0.2, 0) is 22.6 Å². The molecule has 5 nitrogen and oxygen atoms in total. The second-order valence-electron chi connectivity index (χ2n) is 8.84. The summed E-state index contributed by atoms with van der Waals surface area (Å²) in [5, 5.41) is 3.77. The van der Waals surface area contributed by atoms with Gasteiger partial charge in [0.25, 0.3) is 5.91 Å². The minimum atomic E-state index is -0.757. The summed E-state index contributed by atoms with van der Waals surface area (Å²) in [4.78, 5) is 28.5. The first-order valence-electron chi connectivity index (χ1n) is 11.6. The highest BCUT2D eigenvalue weighted by molar-refractivity contribution is 9.10. The average Bonchev–Trinajstić information content (AvgIpc) is 2.84. The third-order valence-electron chi connectivity index (χ3n) is 5.53. The molecule has 1 atom stereocenters. The van der Waals surface area contributed by atoms with Crippen molar-refractivity contribution in [1.82, 2.24) is 10.2 Å². The Morgan fingerprint density at radius 2 is 1.69 bits per heavy atom. The van der Waals surface area contributed by atoms with Gasteiger partial charge in [-0.05, 0) is 67.8 Å². The van der Waals surface area contributed by atoms with E-state index in [2.05, 4.69) is 21.2 Å². The summed E-state index contributed by atoms with van der Waals surface area (Å²) in [6.45, 7) is 5.68. The fourth-order valence-electron chi connectivity index (χ4n) is 3.70. The molecule has 36 heavy (non-hydrogen) atoms. The van der Waals surface area contributed by atoms with Crippen LogP contribution in [0.4, 0.5) is 0 Å². The van der Waals surface area contributed by atoms with E-state index in [1.54, 1.807) is 29.2 Å². The van der Waals surface area contributed by atoms with E-state index in [1.807, 2.05) is 63.2 Å². The SMILES string of the molecule is Cc1cc(OCC(=O)N(Cc2ccc(Cl)c(Cl)c2)[C@H](Cc2ccccc2)C(=O)NC(C)C)ccc1Br. The van der Waals surface area contributed by atoms with Crippen molar-refractivity contribution in [3.63, 3.8) is 0 Å². The molecule has 3 aromatic carbocycles. The third-order valence-corrected chi connectivity index (χ3v) is 7.16. The summed E-state index contributed by atoms with van der Waals surface area (Å²) in [5.41, 5.74) is 2.69. The van der Waals surface area contributed by atoms with Crippen molar-refractivity contribution < 1.29 is 14.3 Å². The molecule has 0 heterocycles. The lowest BCUT2D eigenvalue weighted by atomic mass is 10.0. The maximum absolute atomic E-state index is 13.6. The number of halogens is 3. The van der Waals surface area contributed by atoms with Gasteiger partial charge in [0, 0.05) is 23.5 Å². The molecule has 2 amide bonds. The van der Waals surface area contributed by atoms with Gasteiger partial charge in [-0.15, -0.1) is 0 Å². The van der Waals surface area contributed by atoms with E-state index in [0.29, 0.717) is 22.2 Å². The van der Waals surface area contributed by atoms with Crippen molar-refractivity contribution >= 4 is 50.9 Å².